The van der Waals surface area contributed by atoms with Crippen molar-refractivity contribution >= 4 is 17.3 Å². The predicted octanol–water partition coefficient (Wildman–Crippen LogP) is 1.50. The summed E-state index contributed by atoms with van der Waals surface area (Å²) in [6, 6.07) is 0. The van der Waals surface area contributed by atoms with Crippen LogP contribution in [0.15, 0.2) is 19.0 Å². The maximum absolute atomic E-state index is 6.01. The molecule has 0 bridgehead atoms. The third kappa shape index (κ3) is 2.62. The lowest BCUT2D eigenvalue weighted by atomic mass is 10.3. The standard InChI is InChI=1S/C11H19N5/c1-4-7-13-10-9(12)11(15-8-14-10)16(5-2)6-3/h4,8H,1,5-7,12H2,2-3H3,(H,13,14,15). The zero-order valence-corrected chi connectivity index (χ0v) is 9.90. The lowest BCUT2D eigenvalue weighted by Gasteiger charge is -2.22. The Labute approximate surface area is 96.4 Å². The summed E-state index contributed by atoms with van der Waals surface area (Å²) in [5.74, 6) is 1.45. The molecule has 16 heavy (non-hydrogen) atoms. The average Bonchev–Trinajstić information content (AvgIpc) is 2.31. The van der Waals surface area contributed by atoms with Crippen LogP contribution in [-0.4, -0.2) is 29.6 Å². The summed E-state index contributed by atoms with van der Waals surface area (Å²) in [6.07, 6.45) is 3.29. The first-order valence-corrected chi connectivity index (χ1v) is 5.44. The first-order valence-electron chi connectivity index (χ1n) is 5.44. The Morgan fingerprint density at radius 1 is 1.44 bits per heavy atom. The molecule has 0 fully saturated rings. The summed E-state index contributed by atoms with van der Waals surface area (Å²) in [5, 5.41) is 3.09. The van der Waals surface area contributed by atoms with Crippen LogP contribution in [0.5, 0.6) is 0 Å². The molecule has 0 amide bonds. The highest BCUT2D eigenvalue weighted by molar-refractivity contribution is 5.74. The lowest BCUT2D eigenvalue weighted by Crippen LogP contribution is -2.24. The van der Waals surface area contributed by atoms with Gasteiger partial charge in [0.2, 0.25) is 0 Å². The maximum atomic E-state index is 6.01. The first kappa shape index (κ1) is 12.3. The van der Waals surface area contributed by atoms with Crippen molar-refractivity contribution in [1.29, 1.82) is 0 Å². The van der Waals surface area contributed by atoms with Crippen LogP contribution in [-0.2, 0) is 0 Å². The Hall–Kier alpha value is -1.78. The Bertz CT molecular complexity index is 346. The summed E-state index contributed by atoms with van der Waals surface area (Å²) in [6.45, 7) is 10.2. The molecular weight excluding hydrogens is 202 g/mol. The zero-order valence-electron chi connectivity index (χ0n) is 9.90. The predicted molar refractivity (Wildman–Crippen MR) is 68.7 cm³/mol. The molecule has 1 aromatic rings. The van der Waals surface area contributed by atoms with Crippen molar-refractivity contribution < 1.29 is 0 Å². The molecule has 88 valence electrons. The van der Waals surface area contributed by atoms with Gasteiger partial charge in [-0.25, -0.2) is 9.97 Å². The van der Waals surface area contributed by atoms with E-state index in [-0.39, 0.29) is 0 Å². The quantitative estimate of drug-likeness (QED) is 0.713. The Morgan fingerprint density at radius 3 is 2.69 bits per heavy atom. The van der Waals surface area contributed by atoms with Crippen molar-refractivity contribution in [2.45, 2.75) is 13.8 Å². The lowest BCUT2D eigenvalue weighted by molar-refractivity contribution is 0.844. The molecule has 0 atom stereocenters. The molecule has 0 aliphatic heterocycles. The van der Waals surface area contributed by atoms with E-state index in [0.29, 0.717) is 18.1 Å². The van der Waals surface area contributed by atoms with E-state index in [1.54, 1.807) is 6.08 Å². The van der Waals surface area contributed by atoms with Crippen molar-refractivity contribution in [2.24, 2.45) is 0 Å². The van der Waals surface area contributed by atoms with E-state index in [1.165, 1.54) is 6.33 Å². The highest BCUT2D eigenvalue weighted by atomic mass is 15.2. The van der Waals surface area contributed by atoms with Gasteiger partial charge in [-0.3, -0.25) is 0 Å². The molecule has 0 saturated carbocycles. The number of nitrogen functional groups attached to an aromatic ring is 1. The minimum absolute atomic E-state index is 0.591. The summed E-state index contributed by atoms with van der Waals surface area (Å²) in [4.78, 5) is 10.4. The molecule has 5 nitrogen and oxygen atoms in total. The fourth-order valence-corrected chi connectivity index (χ4v) is 1.47. The number of aromatic nitrogens is 2. The van der Waals surface area contributed by atoms with Gasteiger partial charge in [0.25, 0.3) is 0 Å². The number of nitrogens with one attached hydrogen (secondary N) is 1. The molecule has 1 rings (SSSR count). The van der Waals surface area contributed by atoms with Gasteiger partial charge in [0.05, 0.1) is 0 Å². The second kappa shape index (κ2) is 5.95. The van der Waals surface area contributed by atoms with E-state index in [0.717, 1.165) is 18.9 Å². The van der Waals surface area contributed by atoms with Gasteiger partial charge in [-0.2, -0.15) is 0 Å². The topological polar surface area (TPSA) is 67.1 Å². The number of hydrogen-bond acceptors (Lipinski definition) is 5. The Morgan fingerprint density at radius 2 is 2.12 bits per heavy atom. The molecule has 0 unspecified atom stereocenters. The highest BCUT2D eigenvalue weighted by Gasteiger charge is 2.11. The summed E-state index contributed by atoms with van der Waals surface area (Å²) < 4.78 is 0. The van der Waals surface area contributed by atoms with Crippen molar-refractivity contribution in [1.82, 2.24) is 9.97 Å². The van der Waals surface area contributed by atoms with Gasteiger partial charge in [0, 0.05) is 19.6 Å². The van der Waals surface area contributed by atoms with Crippen molar-refractivity contribution in [3.05, 3.63) is 19.0 Å². The zero-order chi connectivity index (χ0) is 12.0. The van der Waals surface area contributed by atoms with Crippen LogP contribution in [0.25, 0.3) is 0 Å². The van der Waals surface area contributed by atoms with Gasteiger partial charge in [0.1, 0.15) is 12.0 Å². The maximum Gasteiger partial charge on any atom is 0.157 e. The van der Waals surface area contributed by atoms with Crippen LogP contribution < -0.4 is 16.0 Å². The van der Waals surface area contributed by atoms with Crippen LogP contribution in [0.1, 0.15) is 13.8 Å². The molecule has 0 radical (unpaired) electrons. The molecule has 1 aromatic heterocycles. The molecule has 0 aliphatic rings. The second-order valence-corrected chi connectivity index (χ2v) is 3.30. The monoisotopic (exact) mass is 221 g/mol. The van der Waals surface area contributed by atoms with Gasteiger partial charge in [-0.1, -0.05) is 6.08 Å². The molecule has 1 heterocycles. The van der Waals surface area contributed by atoms with Gasteiger partial charge in [-0.15, -0.1) is 6.58 Å². The van der Waals surface area contributed by atoms with Gasteiger partial charge in [-0.05, 0) is 13.8 Å². The van der Waals surface area contributed by atoms with Crippen molar-refractivity contribution in [3.63, 3.8) is 0 Å². The van der Waals surface area contributed by atoms with E-state index in [1.807, 2.05) is 0 Å². The first-order chi connectivity index (χ1) is 7.74. The van der Waals surface area contributed by atoms with Crippen LogP contribution in [0.3, 0.4) is 0 Å². The largest absolute Gasteiger partial charge is 0.393 e. The number of hydrogen-bond donors (Lipinski definition) is 2. The molecule has 0 spiro atoms. The van der Waals surface area contributed by atoms with E-state index in [2.05, 4.69) is 40.6 Å². The Balaban J connectivity index is 2.97. The molecule has 0 aliphatic carbocycles. The molecule has 0 aromatic carbocycles. The van der Waals surface area contributed by atoms with Crippen LogP contribution in [0, 0.1) is 0 Å². The number of nitrogens with two attached hydrogens (primary N) is 1. The van der Waals surface area contributed by atoms with Crippen molar-refractivity contribution in [3.8, 4) is 0 Å². The average molecular weight is 221 g/mol. The SMILES string of the molecule is C=CCNc1ncnc(N(CC)CC)c1N. The van der Waals surface area contributed by atoms with E-state index in [9.17, 15) is 0 Å². The third-order valence-corrected chi connectivity index (χ3v) is 2.34. The summed E-state index contributed by atoms with van der Waals surface area (Å²) >= 11 is 0. The highest BCUT2D eigenvalue weighted by Crippen LogP contribution is 2.25. The van der Waals surface area contributed by atoms with Crippen LogP contribution in [0.4, 0.5) is 17.3 Å². The van der Waals surface area contributed by atoms with E-state index >= 15 is 0 Å². The number of anilines is 3. The third-order valence-electron chi connectivity index (χ3n) is 2.34. The normalized spacial score (nSPS) is 9.88. The smallest absolute Gasteiger partial charge is 0.157 e. The molecule has 0 saturated heterocycles. The summed E-state index contributed by atoms with van der Waals surface area (Å²) in [5.41, 5.74) is 6.60. The van der Waals surface area contributed by atoms with Crippen LogP contribution in [0.2, 0.25) is 0 Å². The van der Waals surface area contributed by atoms with Crippen molar-refractivity contribution in [2.75, 3.05) is 35.6 Å². The molecular formula is C11H19N5. The Kier molecular flexibility index (Phi) is 4.57. The van der Waals surface area contributed by atoms with Crippen LogP contribution >= 0.6 is 0 Å². The fraction of sp³-hybridized carbons (Fsp3) is 0.455. The molecule has 3 N–H and O–H groups in total. The molecule has 5 heteroatoms. The minimum Gasteiger partial charge on any atom is -0.393 e. The minimum atomic E-state index is 0.591. The summed E-state index contributed by atoms with van der Waals surface area (Å²) in [7, 11) is 0. The second-order valence-electron chi connectivity index (χ2n) is 3.30. The van der Waals surface area contributed by atoms with E-state index in [4.69, 9.17) is 5.73 Å². The van der Waals surface area contributed by atoms with Gasteiger partial charge >= 0.3 is 0 Å². The fourth-order valence-electron chi connectivity index (χ4n) is 1.47. The van der Waals surface area contributed by atoms with Gasteiger partial charge in [0.15, 0.2) is 11.6 Å². The number of rotatable bonds is 6. The van der Waals surface area contributed by atoms with Gasteiger partial charge < -0.3 is 16.0 Å². The van der Waals surface area contributed by atoms with E-state index < -0.39 is 0 Å². The number of nitrogens with zero attached hydrogens (tertiary/aromatic N) is 3.